The van der Waals surface area contributed by atoms with E-state index in [1.807, 2.05) is 13.0 Å². The van der Waals surface area contributed by atoms with E-state index in [0.29, 0.717) is 6.42 Å². The van der Waals surface area contributed by atoms with Crippen molar-refractivity contribution >= 4 is 17.3 Å². The molecule has 126 valence electrons. The van der Waals surface area contributed by atoms with Crippen LogP contribution in [0, 0.1) is 22.7 Å². The van der Waals surface area contributed by atoms with E-state index in [9.17, 15) is 14.4 Å². The van der Waals surface area contributed by atoms with Crippen LogP contribution in [0.5, 0.6) is 0 Å². The van der Waals surface area contributed by atoms with Crippen LogP contribution in [0.25, 0.3) is 0 Å². The van der Waals surface area contributed by atoms with E-state index >= 15 is 0 Å². The molecule has 24 heavy (non-hydrogen) atoms. The molecule has 4 rings (SSSR count). The minimum absolute atomic E-state index is 0.108. The molecule has 4 aliphatic rings. The van der Waals surface area contributed by atoms with Gasteiger partial charge in [-0.1, -0.05) is 25.5 Å². The summed E-state index contributed by atoms with van der Waals surface area (Å²) in [6, 6.07) is 0. The van der Waals surface area contributed by atoms with Gasteiger partial charge in [0, 0.05) is 23.2 Å². The summed E-state index contributed by atoms with van der Waals surface area (Å²) in [6.45, 7) is 5.79. The van der Waals surface area contributed by atoms with E-state index in [1.54, 1.807) is 13.0 Å². The zero-order valence-corrected chi connectivity index (χ0v) is 14.6. The predicted octanol–water partition coefficient (Wildman–Crippen LogP) is 3.74. The van der Waals surface area contributed by atoms with Gasteiger partial charge >= 0.3 is 0 Å². The Morgan fingerprint density at radius 3 is 2.62 bits per heavy atom. The molecule has 1 saturated carbocycles. The SMILES string of the molecule is CC(=O)[C@H]1CC[C@H]2C3=CCC4=CC(=O)CC[C@]4(C)C3=CC(=O)[C@]12C. The molecule has 0 aromatic heterocycles. The molecule has 4 atom stereocenters. The molecular weight excluding hydrogens is 300 g/mol. The molecule has 0 N–H and O–H groups in total. The highest BCUT2D eigenvalue weighted by Gasteiger charge is 2.58. The first kappa shape index (κ1) is 15.7. The third-order valence-corrected chi connectivity index (χ3v) is 7.23. The third-order valence-electron chi connectivity index (χ3n) is 7.23. The van der Waals surface area contributed by atoms with Crippen molar-refractivity contribution in [2.45, 2.75) is 52.9 Å². The molecule has 0 saturated heterocycles. The van der Waals surface area contributed by atoms with Gasteiger partial charge in [-0.05, 0) is 61.8 Å². The minimum atomic E-state index is -0.580. The molecule has 0 spiro atoms. The average molecular weight is 324 g/mol. The Morgan fingerprint density at radius 1 is 1.17 bits per heavy atom. The lowest BCUT2D eigenvalue weighted by Gasteiger charge is -2.48. The van der Waals surface area contributed by atoms with Gasteiger partial charge in [-0.15, -0.1) is 0 Å². The molecule has 0 aliphatic heterocycles. The van der Waals surface area contributed by atoms with Crippen molar-refractivity contribution in [3.63, 3.8) is 0 Å². The number of ketones is 3. The van der Waals surface area contributed by atoms with Crippen molar-refractivity contribution in [2.75, 3.05) is 0 Å². The lowest BCUT2D eigenvalue weighted by atomic mass is 9.54. The fourth-order valence-electron chi connectivity index (χ4n) is 5.68. The molecule has 0 bridgehead atoms. The molecular formula is C21H24O3. The van der Waals surface area contributed by atoms with E-state index in [0.717, 1.165) is 36.8 Å². The Morgan fingerprint density at radius 2 is 1.92 bits per heavy atom. The standard InChI is InChI=1S/C21H24O3/c1-12(22)16-6-7-17-15-5-4-13-10-14(23)8-9-20(13,2)18(15)11-19(24)21(16,17)3/h5,10-11,16-17H,4,6-9H2,1-3H3/t16-,17+,20+,21-/m1/s1. The van der Waals surface area contributed by atoms with Gasteiger partial charge in [0.15, 0.2) is 11.6 Å². The fraction of sp³-hybridized carbons (Fsp3) is 0.571. The molecule has 0 radical (unpaired) electrons. The fourth-order valence-corrected chi connectivity index (χ4v) is 5.68. The number of hydrogen-bond acceptors (Lipinski definition) is 3. The molecule has 0 heterocycles. The summed E-state index contributed by atoms with van der Waals surface area (Å²) in [5.41, 5.74) is 2.76. The Balaban J connectivity index is 1.86. The van der Waals surface area contributed by atoms with Gasteiger partial charge in [-0.25, -0.2) is 0 Å². The van der Waals surface area contributed by atoms with Crippen LogP contribution in [-0.4, -0.2) is 17.3 Å². The van der Waals surface area contributed by atoms with Crippen LogP contribution in [-0.2, 0) is 14.4 Å². The summed E-state index contributed by atoms with van der Waals surface area (Å²) in [5.74, 6) is 0.430. The van der Waals surface area contributed by atoms with E-state index in [1.165, 1.54) is 5.57 Å². The van der Waals surface area contributed by atoms with Crippen molar-refractivity contribution in [2.24, 2.45) is 22.7 Å². The number of carbonyl (C=O) groups is 3. The quantitative estimate of drug-likeness (QED) is 0.738. The third kappa shape index (κ3) is 1.81. The van der Waals surface area contributed by atoms with Crippen LogP contribution in [0.15, 0.2) is 34.9 Å². The van der Waals surface area contributed by atoms with Crippen molar-refractivity contribution in [1.29, 1.82) is 0 Å². The smallest absolute Gasteiger partial charge is 0.163 e. The number of carbonyl (C=O) groups excluding carboxylic acids is 3. The van der Waals surface area contributed by atoms with Gasteiger partial charge < -0.3 is 0 Å². The van der Waals surface area contributed by atoms with E-state index in [-0.39, 0.29) is 34.6 Å². The van der Waals surface area contributed by atoms with Crippen LogP contribution < -0.4 is 0 Å². The number of fused-ring (bicyclic) bond motifs is 5. The molecule has 0 amide bonds. The monoisotopic (exact) mass is 324 g/mol. The molecule has 3 heteroatoms. The first-order valence-corrected chi connectivity index (χ1v) is 9.00. The Labute approximate surface area is 142 Å². The lowest BCUT2D eigenvalue weighted by molar-refractivity contribution is -0.135. The first-order chi connectivity index (χ1) is 11.3. The molecule has 0 unspecified atom stereocenters. The number of rotatable bonds is 1. The summed E-state index contributed by atoms with van der Waals surface area (Å²) < 4.78 is 0. The summed E-state index contributed by atoms with van der Waals surface area (Å²) in [5, 5.41) is 0. The van der Waals surface area contributed by atoms with Gasteiger partial charge in [-0.3, -0.25) is 14.4 Å². The van der Waals surface area contributed by atoms with Crippen LogP contribution in [0.1, 0.15) is 52.9 Å². The van der Waals surface area contributed by atoms with E-state index < -0.39 is 5.41 Å². The van der Waals surface area contributed by atoms with E-state index in [2.05, 4.69) is 13.0 Å². The first-order valence-electron chi connectivity index (χ1n) is 9.00. The van der Waals surface area contributed by atoms with Crippen molar-refractivity contribution in [3.05, 3.63) is 34.9 Å². The molecule has 0 aromatic rings. The normalized spacial score (nSPS) is 40.9. The van der Waals surface area contributed by atoms with Crippen molar-refractivity contribution in [1.82, 2.24) is 0 Å². The Bertz CT molecular complexity index is 766. The highest BCUT2D eigenvalue weighted by atomic mass is 16.1. The number of hydrogen-bond donors (Lipinski definition) is 0. The van der Waals surface area contributed by atoms with Gasteiger partial charge in [0.1, 0.15) is 5.78 Å². The number of allylic oxidation sites excluding steroid dienone is 6. The zero-order valence-electron chi connectivity index (χ0n) is 14.6. The van der Waals surface area contributed by atoms with Gasteiger partial charge in [0.05, 0.1) is 0 Å². The Hall–Kier alpha value is -1.77. The van der Waals surface area contributed by atoms with Crippen LogP contribution in [0.3, 0.4) is 0 Å². The highest BCUT2D eigenvalue weighted by Crippen LogP contribution is 2.61. The maximum atomic E-state index is 13.1. The zero-order chi connectivity index (χ0) is 17.3. The minimum Gasteiger partial charge on any atom is -0.300 e. The maximum Gasteiger partial charge on any atom is 0.163 e. The summed E-state index contributed by atoms with van der Waals surface area (Å²) >= 11 is 0. The summed E-state index contributed by atoms with van der Waals surface area (Å²) in [4.78, 5) is 37.0. The second-order valence-corrected chi connectivity index (χ2v) is 8.33. The average Bonchev–Trinajstić information content (AvgIpc) is 2.88. The largest absolute Gasteiger partial charge is 0.300 e. The van der Waals surface area contributed by atoms with Crippen LogP contribution in [0.2, 0.25) is 0 Å². The second-order valence-electron chi connectivity index (χ2n) is 8.33. The lowest BCUT2D eigenvalue weighted by Crippen LogP contribution is -2.46. The van der Waals surface area contributed by atoms with Crippen LogP contribution >= 0.6 is 0 Å². The summed E-state index contributed by atoms with van der Waals surface area (Å²) in [6.07, 6.45) is 9.67. The van der Waals surface area contributed by atoms with Crippen molar-refractivity contribution in [3.8, 4) is 0 Å². The Kier molecular flexibility index (Phi) is 3.20. The van der Waals surface area contributed by atoms with Gasteiger partial charge in [0.25, 0.3) is 0 Å². The van der Waals surface area contributed by atoms with Gasteiger partial charge in [0.2, 0.25) is 0 Å². The molecule has 1 fully saturated rings. The molecule has 0 aromatic carbocycles. The second kappa shape index (κ2) is 4.87. The molecule has 3 nitrogen and oxygen atoms in total. The maximum absolute atomic E-state index is 13.1. The molecule has 4 aliphatic carbocycles. The van der Waals surface area contributed by atoms with E-state index in [4.69, 9.17) is 0 Å². The number of Topliss-reactive ketones (excluding diaryl/α,β-unsaturated/α-hetero) is 1. The van der Waals surface area contributed by atoms with Crippen LogP contribution in [0.4, 0.5) is 0 Å². The highest BCUT2D eigenvalue weighted by molar-refractivity contribution is 6.03. The van der Waals surface area contributed by atoms with Gasteiger partial charge in [-0.2, -0.15) is 0 Å². The predicted molar refractivity (Wildman–Crippen MR) is 91.2 cm³/mol. The summed E-state index contributed by atoms with van der Waals surface area (Å²) in [7, 11) is 0. The van der Waals surface area contributed by atoms with Crippen molar-refractivity contribution < 1.29 is 14.4 Å². The topological polar surface area (TPSA) is 51.2 Å².